The number of hydrazine groups is 1. The van der Waals surface area contributed by atoms with E-state index in [2.05, 4.69) is 27.6 Å². The number of nitrogens with two attached hydrogens (primary N) is 1. The molecule has 0 spiro atoms. The van der Waals surface area contributed by atoms with E-state index in [1.165, 1.54) is 6.92 Å². The number of hydrogen-bond acceptors (Lipinski definition) is 4. The fourth-order valence-electron chi connectivity index (χ4n) is 0.888. The number of hydrogen-bond donors (Lipinski definition) is 3. The first-order valence-electron chi connectivity index (χ1n) is 4.39. The van der Waals surface area contributed by atoms with Gasteiger partial charge in [0.1, 0.15) is 11.5 Å². The van der Waals surface area contributed by atoms with Crippen LogP contribution in [0.4, 0.5) is 5.82 Å². The normalized spacial score (nSPS) is 8.67. The molecule has 0 bridgehead atoms. The van der Waals surface area contributed by atoms with Crippen LogP contribution in [-0.2, 0) is 4.79 Å². The average Bonchev–Trinajstić information content (AvgIpc) is 2.24. The molecule has 0 atom stereocenters. The highest BCUT2D eigenvalue weighted by Crippen LogP contribution is 2.00. The second-order valence-electron chi connectivity index (χ2n) is 2.76. The molecule has 5 heteroatoms. The maximum absolute atomic E-state index is 10.5. The van der Waals surface area contributed by atoms with E-state index in [-0.39, 0.29) is 5.91 Å². The molecule has 0 fully saturated rings. The van der Waals surface area contributed by atoms with Crippen LogP contribution in [0.25, 0.3) is 0 Å². The van der Waals surface area contributed by atoms with Crippen molar-refractivity contribution in [2.24, 2.45) is 5.84 Å². The smallest absolute Gasteiger partial charge is 0.217 e. The quantitative estimate of drug-likeness (QED) is 0.356. The third-order valence-electron chi connectivity index (χ3n) is 1.54. The van der Waals surface area contributed by atoms with Crippen molar-refractivity contribution in [3.63, 3.8) is 0 Å². The Balaban J connectivity index is 2.59. The van der Waals surface area contributed by atoms with Gasteiger partial charge in [-0.1, -0.05) is 12.0 Å². The van der Waals surface area contributed by atoms with Gasteiger partial charge in [-0.2, -0.15) is 0 Å². The van der Waals surface area contributed by atoms with E-state index < -0.39 is 0 Å². The molecule has 1 rings (SSSR count). The Morgan fingerprint density at radius 1 is 1.60 bits per heavy atom. The molecule has 1 heterocycles. The molecule has 0 radical (unpaired) electrons. The Kier molecular flexibility index (Phi) is 4.13. The number of anilines is 1. The van der Waals surface area contributed by atoms with E-state index in [1.54, 1.807) is 18.2 Å². The SMILES string of the molecule is CC(=O)NCC#Cc1cccc(NN)n1. The summed E-state index contributed by atoms with van der Waals surface area (Å²) in [6, 6.07) is 5.30. The van der Waals surface area contributed by atoms with Crippen molar-refractivity contribution in [1.29, 1.82) is 0 Å². The summed E-state index contributed by atoms with van der Waals surface area (Å²) in [6.07, 6.45) is 0. The minimum Gasteiger partial charge on any atom is -0.345 e. The molecule has 15 heavy (non-hydrogen) atoms. The number of nitrogens with zero attached hydrogens (tertiary/aromatic N) is 1. The molecular formula is C10H12N4O. The van der Waals surface area contributed by atoms with E-state index in [1.807, 2.05) is 0 Å². The summed E-state index contributed by atoms with van der Waals surface area (Å²) < 4.78 is 0. The van der Waals surface area contributed by atoms with Crippen LogP contribution in [0.3, 0.4) is 0 Å². The molecular weight excluding hydrogens is 192 g/mol. The van der Waals surface area contributed by atoms with Crippen LogP contribution in [0.2, 0.25) is 0 Å². The summed E-state index contributed by atoms with van der Waals surface area (Å²) in [5.74, 6) is 11.2. The van der Waals surface area contributed by atoms with Gasteiger partial charge in [-0.25, -0.2) is 10.8 Å². The summed E-state index contributed by atoms with van der Waals surface area (Å²) in [5.41, 5.74) is 3.03. The number of carbonyl (C=O) groups excluding carboxylic acids is 1. The van der Waals surface area contributed by atoms with Gasteiger partial charge in [0.05, 0.1) is 6.54 Å². The van der Waals surface area contributed by atoms with Crippen LogP contribution >= 0.6 is 0 Å². The number of nitrogens with one attached hydrogen (secondary N) is 2. The third-order valence-corrected chi connectivity index (χ3v) is 1.54. The Hall–Kier alpha value is -2.06. The molecule has 0 aliphatic rings. The largest absolute Gasteiger partial charge is 0.345 e. The minimum atomic E-state index is -0.102. The summed E-state index contributed by atoms with van der Waals surface area (Å²) in [7, 11) is 0. The predicted molar refractivity (Wildman–Crippen MR) is 57.6 cm³/mol. The second kappa shape index (κ2) is 5.62. The van der Waals surface area contributed by atoms with Crippen LogP contribution < -0.4 is 16.6 Å². The Morgan fingerprint density at radius 2 is 2.40 bits per heavy atom. The molecule has 0 aliphatic carbocycles. The molecule has 0 unspecified atom stereocenters. The van der Waals surface area contributed by atoms with Gasteiger partial charge in [-0.3, -0.25) is 4.79 Å². The van der Waals surface area contributed by atoms with Gasteiger partial charge < -0.3 is 10.7 Å². The lowest BCUT2D eigenvalue weighted by Crippen LogP contribution is -2.19. The van der Waals surface area contributed by atoms with E-state index in [0.717, 1.165) is 0 Å². The third kappa shape index (κ3) is 4.11. The van der Waals surface area contributed by atoms with Gasteiger partial charge >= 0.3 is 0 Å². The molecule has 1 amide bonds. The summed E-state index contributed by atoms with van der Waals surface area (Å²) in [5, 5.41) is 2.56. The van der Waals surface area contributed by atoms with Crippen molar-refractivity contribution in [3.8, 4) is 11.8 Å². The van der Waals surface area contributed by atoms with Crippen LogP contribution in [0.15, 0.2) is 18.2 Å². The number of nitrogen functional groups attached to an aromatic ring is 1. The lowest BCUT2D eigenvalue weighted by atomic mass is 10.3. The van der Waals surface area contributed by atoms with Gasteiger partial charge in [0.2, 0.25) is 5.91 Å². The Labute approximate surface area is 88.0 Å². The van der Waals surface area contributed by atoms with Crippen molar-refractivity contribution in [3.05, 3.63) is 23.9 Å². The van der Waals surface area contributed by atoms with Crippen molar-refractivity contribution >= 4 is 11.7 Å². The molecule has 0 aromatic carbocycles. The van der Waals surface area contributed by atoms with Gasteiger partial charge in [0.25, 0.3) is 0 Å². The number of pyridine rings is 1. The van der Waals surface area contributed by atoms with E-state index in [4.69, 9.17) is 5.84 Å². The van der Waals surface area contributed by atoms with E-state index in [9.17, 15) is 4.79 Å². The minimum absolute atomic E-state index is 0.102. The van der Waals surface area contributed by atoms with E-state index >= 15 is 0 Å². The van der Waals surface area contributed by atoms with Crippen molar-refractivity contribution in [2.75, 3.05) is 12.0 Å². The molecule has 78 valence electrons. The topological polar surface area (TPSA) is 80.0 Å². The highest BCUT2D eigenvalue weighted by Gasteiger charge is 1.91. The van der Waals surface area contributed by atoms with Crippen molar-refractivity contribution in [2.45, 2.75) is 6.92 Å². The lowest BCUT2D eigenvalue weighted by molar-refractivity contribution is -0.118. The standard InChI is InChI=1S/C10H12N4O/c1-8(15)12-7-3-5-9-4-2-6-10(13-9)14-11/h2,4,6H,7,11H2,1H3,(H,12,15)(H,13,14). The lowest BCUT2D eigenvalue weighted by Gasteiger charge is -1.97. The summed E-state index contributed by atoms with van der Waals surface area (Å²) in [4.78, 5) is 14.6. The number of amides is 1. The van der Waals surface area contributed by atoms with Crippen molar-refractivity contribution in [1.82, 2.24) is 10.3 Å². The van der Waals surface area contributed by atoms with Crippen LogP contribution in [0.1, 0.15) is 12.6 Å². The maximum Gasteiger partial charge on any atom is 0.217 e. The first kappa shape index (κ1) is 11.0. The first-order valence-corrected chi connectivity index (χ1v) is 4.39. The zero-order valence-corrected chi connectivity index (χ0v) is 8.37. The van der Waals surface area contributed by atoms with Crippen LogP contribution in [0.5, 0.6) is 0 Å². The van der Waals surface area contributed by atoms with Crippen LogP contribution in [0, 0.1) is 11.8 Å². The maximum atomic E-state index is 10.5. The molecule has 4 N–H and O–H groups in total. The number of rotatable bonds is 2. The zero-order chi connectivity index (χ0) is 11.1. The molecule has 0 saturated heterocycles. The first-order chi connectivity index (χ1) is 7.22. The van der Waals surface area contributed by atoms with Gasteiger partial charge in [-0.05, 0) is 18.1 Å². The summed E-state index contributed by atoms with van der Waals surface area (Å²) in [6.45, 7) is 1.76. The zero-order valence-electron chi connectivity index (χ0n) is 8.37. The van der Waals surface area contributed by atoms with Crippen molar-refractivity contribution < 1.29 is 4.79 Å². The van der Waals surface area contributed by atoms with E-state index in [0.29, 0.717) is 18.1 Å². The molecule has 1 aromatic heterocycles. The molecule has 1 aromatic rings. The fourth-order valence-corrected chi connectivity index (χ4v) is 0.888. The predicted octanol–water partition coefficient (Wildman–Crippen LogP) is -0.145. The molecule has 5 nitrogen and oxygen atoms in total. The average molecular weight is 204 g/mol. The Morgan fingerprint density at radius 3 is 3.07 bits per heavy atom. The number of aromatic nitrogens is 1. The van der Waals surface area contributed by atoms with Crippen LogP contribution in [-0.4, -0.2) is 17.4 Å². The van der Waals surface area contributed by atoms with Gasteiger partial charge in [0.15, 0.2) is 0 Å². The summed E-state index contributed by atoms with van der Waals surface area (Å²) >= 11 is 0. The molecule has 0 aliphatic heterocycles. The van der Waals surface area contributed by atoms with Gasteiger partial charge in [-0.15, -0.1) is 0 Å². The Bertz CT molecular complexity index is 405. The fraction of sp³-hybridized carbons (Fsp3) is 0.200. The second-order valence-corrected chi connectivity index (χ2v) is 2.76. The molecule has 0 saturated carbocycles. The highest BCUT2D eigenvalue weighted by atomic mass is 16.1. The number of carbonyl (C=O) groups is 1. The highest BCUT2D eigenvalue weighted by molar-refractivity contribution is 5.73. The monoisotopic (exact) mass is 204 g/mol. The van der Waals surface area contributed by atoms with Gasteiger partial charge in [0, 0.05) is 6.92 Å².